The topological polar surface area (TPSA) is 228 Å². The Kier molecular flexibility index (Phi) is 53.1. The lowest BCUT2D eigenvalue weighted by Crippen LogP contribution is -2.65. The van der Waals surface area contributed by atoms with Crippen molar-refractivity contribution in [1.29, 1.82) is 0 Å². The predicted molar refractivity (Wildman–Crippen MR) is 355 cm³/mol. The highest BCUT2D eigenvalue weighted by Crippen LogP contribution is 2.30. The fourth-order valence-electron chi connectivity index (χ4n) is 11.5. The first-order chi connectivity index (χ1) is 42.6. The molecule has 14 nitrogen and oxygen atoms in total. The molecule has 0 radical (unpaired) electrons. The third-order valence-corrected chi connectivity index (χ3v) is 17.2. The number of aliphatic hydroxyl groups excluding tert-OH is 8. The molecule has 0 aromatic rings. The number of nitrogens with one attached hydrogen (secondary N) is 1. The Morgan fingerprint density at radius 2 is 0.793 bits per heavy atom. The normalized spacial score (nSPS) is 23.7. The molecule has 12 atom stereocenters. The number of unbranched alkanes of at least 4 members (excludes halogenated alkanes) is 33. The van der Waals surface area contributed by atoms with Crippen LogP contribution in [-0.2, 0) is 23.7 Å². The summed E-state index contributed by atoms with van der Waals surface area (Å²) < 4.78 is 22.9. The summed E-state index contributed by atoms with van der Waals surface area (Å²) in [5.74, 6) is -0.230. The molecule has 0 aromatic heterocycles. The average Bonchev–Trinajstić information content (AvgIpc) is 2.33. The number of amides is 1. The van der Waals surface area contributed by atoms with Crippen LogP contribution in [0.3, 0.4) is 0 Å². The van der Waals surface area contributed by atoms with E-state index in [2.05, 4.69) is 92.1 Å². The van der Waals surface area contributed by atoms with Crippen LogP contribution < -0.4 is 5.32 Å². The molecule has 12 unspecified atom stereocenters. The molecule has 2 rings (SSSR count). The number of hydrogen-bond donors (Lipinski definition) is 9. The van der Waals surface area contributed by atoms with Gasteiger partial charge in [-0.3, -0.25) is 4.79 Å². The van der Waals surface area contributed by atoms with Crippen LogP contribution >= 0.6 is 0 Å². The van der Waals surface area contributed by atoms with Crippen molar-refractivity contribution in [3.05, 3.63) is 72.9 Å². The molecule has 0 spiro atoms. The van der Waals surface area contributed by atoms with E-state index in [0.29, 0.717) is 12.8 Å². The Balaban J connectivity index is 1.67. The van der Waals surface area contributed by atoms with Crippen molar-refractivity contribution in [2.24, 2.45) is 0 Å². The van der Waals surface area contributed by atoms with Crippen LogP contribution in [0.5, 0.6) is 0 Å². The number of carbonyl (C=O) groups excluding carboxylic acids is 1. The molecular formula is C73H131NO13. The van der Waals surface area contributed by atoms with E-state index in [9.17, 15) is 45.6 Å². The van der Waals surface area contributed by atoms with Crippen molar-refractivity contribution in [1.82, 2.24) is 5.32 Å². The molecular weight excluding hydrogens is 1100 g/mol. The van der Waals surface area contributed by atoms with E-state index in [1.807, 2.05) is 0 Å². The first kappa shape index (κ1) is 80.5. The van der Waals surface area contributed by atoms with Crippen molar-refractivity contribution in [3.8, 4) is 0 Å². The smallest absolute Gasteiger partial charge is 0.220 e. The van der Waals surface area contributed by atoms with Gasteiger partial charge in [0.1, 0.15) is 48.8 Å². The third kappa shape index (κ3) is 41.5. The highest BCUT2D eigenvalue weighted by Gasteiger charge is 2.51. The number of rotatable bonds is 58. The summed E-state index contributed by atoms with van der Waals surface area (Å²) in [5, 5.41) is 87.6. The maximum Gasteiger partial charge on any atom is 0.220 e. The molecule has 0 aromatic carbocycles. The van der Waals surface area contributed by atoms with E-state index in [4.69, 9.17) is 18.9 Å². The van der Waals surface area contributed by atoms with Gasteiger partial charge in [-0.25, -0.2) is 0 Å². The molecule has 0 saturated carbocycles. The Morgan fingerprint density at radius 3 is 1.22 bits per heavy atom. The number of ether oxygens (including phenoxy) is 4. The lowest BCUT2D eigenvalue weighted by molar-refractivity contribution is -0.359. The Morgan fingerprint density at radius 1 is 0.425 bits per heavy atom. The van der Waals surface area contributed by atoms with Crippen LogP contribution in [-0.4, -0.2) is 140 Å². The molecule has 2 aliphatic rings. The molecule has 2 fully saturated rings. The van der Waals surface area contributed by atoms with E-state index in [1.165, 1.54) is 167 Å². The molecule has 9 N–H and O–H groups in total. The summed E-state index contributed by atoms with van der Waals surface area (Å²) >= 11 is 0. The zero-order chi connectivity index (χ0) is 63.1. The van der Waals surface area contributed by atoms with Gasteiger partial charge >= 0.3 is 0 Å². The highest BCUT2D eigenvalue weighted by molar-refractivity contribution is 5.76. The maximum atomic E-state index is 13.3. The summed E-state index contributed by atoms with van der Waals surface area (Å²) in [4.78, 5) is 13.3. The van der Waals surface area contributed by atoms with Crippen molar-refractivity contribution >= 4 is 5.91 Å². The second-order valence-electron chi connectivity index (χ2n) is 25.0. The van der Waals surface area contributed by atoms with E-state index in [1.54, 1.807) is 0 Å². The van der Waals surface area contributed by atoms with Gasteiger partial charge in [-0.15, -0.1) is 0 Å². The van der Waals surface area contributed by atoms with Gasteiger partial charge in [0, 0.05) is 6.42 Å². The summed E-state index contributed by atoms with van der Waals surface area (Å²) in [7, 11) is 0. The van der Waals surface area contributed by atoms with Gasteiger partial charge < -0.3 is 65.1 Å². The number of aliphatic hydroxyl groups is 8. The molecule has 0 aliphatic carbocycles. The minimum absolute atomic E-state index is 0.230. The van der Waals surface area contributed by atoms with Gasteiger partial charge in [0.05, 0.1) is 32.0 Å². The van der Waals surface area contributed by atoms with Gasteiger partial charge in [0.2, 0.25) is 5.91 Å². The zero-order valence-corrected chi connectivity index (χ0v) is 55.0. The van der Waals surface area contributed by atoms with Crippen LogP contribution in [0.25, 0.3) is 0 Å². The van der Waals surface area contributed by atoms with Gasteiger partial charge in [0.15, 0.2) is 12.6 Å². The van der Waals surface area contributed by atoms with Gasteiger partial charge in [0.25, 0.3) is 0 Å². The molecule has 1 amide bonds. The Bertz CT molecular complexity index is 1740. The minimum Gasteiger partial charge on any atom is -0.394 e. The maximum absolute atomic E-state index is 13.3. The van der Waals surface area contributed by atoms with Crippen molar-refractivity contribution in [2.75, 3.05) is 19.8 Å². The van der Waals surface area contributed by atoms with Crippen LogP contribution in [0.15, 0.2) is 72.9 Å². The summed E-state index contributed by atoms with van der Waals surface area (Å²) in [6.07, 6.45) is 60.6. The second-order valence-corrected chi connectivity index (χ2v) is 25.0. The largest absolute Gasteiger partial charge is 0.394 e. The first-order valence-corrected chi connectivity index (χ1v) is 35.7. The second kappa shape index (κ2) is 57.3. The summed E-state index contributed by atoms with van der Waals surface area (Å²) in [5.41, 5.74) is 0. The number of allylic oxidation sites excluding steroid dienone is 12. The van der Waals surface area contributed by atoms with Crippen LogP contribution in [0.2, 0.25) is 0 Å². The molecule has 2 heterocycles. The highest BCUT2D eigenvalue weighted by atomic mass is 16.7. The van der Waals surface area contributed by atoms with Crippen molar-refractivity contribution in [2.45, 2.75) is 364 Å². The van der Waals surface area contributed by atoms with Crippen LogP contribution in [0, 0.1) is 0 Å². The molecule has 506 valence electrons. The number of carbonyl (C=O) groups is 1. The minimum atomic E-state index is -1.79. The van der Waals surface area contributed by atoms with E-state index < -0.39 is 86.8 Å². The fraction of sp³-hybridized carbons (Fsp3) is 0.822. The lowest BCUT2D eigenvalue weighted by Gasteiger charge is -2.46. The average molecular weight is 1230 g/mol. The first-order valence-electron chi connectivity index (χ1n) is 35.7. The molecule has 2 aliphatic heterocycles. The van der Waals surface area contributed by atoms with E-state index in [-0.39, 0.29) is 18.9 Å². The van der Waals surface area contributed by atoms with Gasteiger partial charge in [-0.1, -0.05) is 292 Å². The zero-order valence-electron chi connectivity index (χ0n) is 55.0. The third-order valence-electron chi connectivity index (χ3n) is 17.2. The van der Waals surface area contributed by atoms with Gasteiger partial charge in [-0.2, -0.15) is 0 Å². The SMILES string of the molecule is CC/C=C\C/C=C\C/C=C\C/C=C\C/C=C\C/C=C\CCCCCCC(=O)NC(COC1OC(CO)C(OC2OC(CO)C(O)C(O)C2O)C(O)C1O)C(O)CCCCCCCCCCCCCCCCCCCCCCCCCCCCCCCC. The lowest BCUT2D eigenvalue weighted by atomic mass is 9.97. The van der Waals surface area contributed by atoms with E-state index >= 15 is 0 Å². The van der Waals surface area contributed by atoms with Crippen molar-refractivity contribution in [3.63, 3.8) is 0 Å². The monoisotopic (exact) mass is 1230 g/mol. The molecule has 0 bridgehead atoms. The molecule has 2 saturated heterocycles. The summed E-state index contributed by atoms with van der Waals surface area (Å²) in [6.45, 7) is 2.76. The Hall–Kier alpha value is -2.57. The predicted octanol–water partition coefficient (Wildman–Crippen LogP) is 14.6. The van der Waals surface area contributed by atoms with Crippen LogP contribution in [0.1, 0.15) is 290 Å². The standard InChI is InChI=1S/C73H131NO13/c1-3-5-7-9-11-13-15-17-19-21-23-25-27-28-29-30-31-32-33-35-36-38-40-42-44-46-48-50-52-54-56-62(77)61(60-84-72-70(83)68(81)71(64(59-76)86-72)87-73-69(82)67(80)66(79)63(58-75)85-73)74-65(78)57-55-53-51-49-47-45-43-41-39-37-34-26-24-22-20-18-16-14-12-10-8-6-4-2/h6,8,12,14,18,20,24,26,37,39,43,45,61-64,66-73,75-77,79-83H,3-5,7,9-11,13,15-17,19,21-23,25,27-36,38,40-42,44,46-60H2,1-2H3,(H,74,78)/b8-6-,14-12-,20-18-,26-24-,39-37-,45-43-. The Labute approximate surface area is 529 Å². The fourth-order valence-corrected chi connectivity index (χ4v) is 11.5. The summed E-state index contributed by atoms with van der Waals surface area (Å²) in [6, 6.07) is -0.849. The van der Waals surface area contributed by atoms with Crippen molar-refractivity contribution < 1.29 is 64.6 Å². The van der Waals surface area contributed by atoms with E-state index in [0.717, 1.165) is 89.9 Å². The van der Waals surface area contributed by atoms with Crippen LogP contribution in [0.4, 0.5) is 0 Å². The molecule has 14 heteroatoms. The number of hydrogen-bond acceptors (Lipinski definition) is 13. The molecule has 87 heavy (non-hydrogen) atoms. The van der Waals surface area contributed by atoms with Gasteiger partial charge in [-0.05, 0) is 64.2 Å². The quantitative estimate of drug-likeness (QED) is 0.0204.